The third-order valence-electron chi connectivity index (χ3n) is 4.06. The molecule has 3 rings (SSSR count). The summed E-state index contributed by atoms with van der Waals surface area (Å²) in [7, 11) is 0. The molecule has 1 aromatic heterocycles. The average Bonchev–Trinajstić information content (AvgIpc) is 2.61. The Labute approximate surface area is 154 Å². The average molecular weight is 345 g/mol. The Morgan fingerprint density at radius 3 is 2.27 bits per heavy atom. The van der Waals surface area contributed by atoms with Crippen LogP contribution in [0.1, 0.15) is 22.3 Å². The second-order valence-corrected chi connectivity index (χ2v) is 6.49. The molecule has 0 aliphatic heterocycles. The second kappa shape index (κ2) is 8.30. The Morgan fingerprint density at radius 1 is 0.923 bits per heavy atom. The Hall–Kier alpha value is -3.14. The van der Waals surface area contributed by atoms with Crippen molar-refractivity contribution in [3.63, 3.8) is 0 Å². The summed E-state index contributed by atoms with van der Waals surface area (Å²) in [6.45, 7) is 4.84. The van der Waals surface area contributed by atoms with Gasteiger partial charge in [-0.2, -0.15) is 0 Å². The van der Waals surface area contributed by atoms with Gasteiger partial charge in [0.15, 0.2) is 0 Å². The summed E-state index contributed by atoms with van der Waals surface area (Å²) < 4.78 is 0. The molecule has 0 fully saturated rings. The van der Waals surface area contributed by atoms with Crippen LogP contribution in [0, 0.1) is 13.8 Å². The number of carbonyl (C=O) groups is 1. The van der Waals surface area contributed by atoms with E-state index in [-0.39, 0.29) is 5.91 Å². The summed E-state index contributed by atoms with van der Waals surface area (Å²) in [5, 5.41) is 6.18. The van der Waals surface area contributed by atoms with Gasteiger partial charge in [0.25, 0.3) is 0 Å². The number of aromatic nitrogens is 1. The Bertz CT molecular complexity index is 888. The smallest absolute Gasteiger partial charge is 0.229 e. The minimum absolute atomic E-state index is 0.0661. The van der Waals surface area contributed by atoms with Gasteiger partial charge in [-0.25, -0.2) is 4.98 Å². The van der Waals surface area contributed by atoms with E-state index in [9.17, 15) is 4.79 Å². The lowest BCUT2D eigenvalue weighted by molar-refractivity contribution is -0.115. The van der Waals surface area contributed by atoms with Crippen LogP contribution in [0.4, 0.5) is 11.5 Å². The van der Waals surface area contributed by atoms with Crippen LogP contribution in [0.5, 0.6) is 0 Å². The summed E-state index contributed by atoms with van der Waals surface area (Å²) in [6.07, 6.45) is 2.08. The molecule has 0 saturated heterocycles. The van der Waals surface area contributed by atoms with Gasteiger partial charge in [0, 0.05) is 6.54 Å². The monoisotopic (exact) mass is 345 g/mol. The minimum Gasteiger partial charge on any atom is -0.380 e. The molecule has 0 aliphatic rings. The van der Waals surface area contributed by atoms with Gasteiger partial charge in [-0.15, -0.1) is 0 Å². The van der Waals surface area contributed by atoms with Crippen molar-refractivity contribution in [2.45, 2.75) is 26.8 Å². The summed E-state index contributed by atoms with van der Waals surface area (Å²) in [6, 6.07) is 20.1. The highest BCUT2D eigenvalue weighted by Crippen LogP contribution is 2.13. The predicted molar refractivity (Wildman–Crippen MR) is 106 cm³/mol. The van der Waals surface area contributed by atoms with Crippen LogP contribution >= 0.6 is 0 Å². The number of rotatable bonds is 6. The van der Waals surface area contributed by atoms with Crippen molar-refractivity contribution in [2.75, 3.05) is 10.6 Å². The number of anilines is 2. The first-order chi connectivity index (χ1) is 12.6. The first-order valence-electron chi connectivity index (χ1n) is 8.69. The van der Waals surface area contributed by atoms with Crippen LogP contribution in [0.2, 0.25) is 0 Å². The van der Waals surface area contributed by atoms with E-state index in [0.29, 0.717) is 12.2 Å². The van der Waals surface area contributed by atoms with Crippen LogP contribution in [-0.4, -0.2) is 10.9 Å². The Balaban J connectivity index is 1.53. The molecule has 1 amide bonds. The lowest BCUT2D eigenvalue weighted by atomic mass is 10.1. The zero-order valence-electron chi connectivity index (χ0n) is 15.1. The fourth-order valence-electron chi connectivity index (χ4n) is 2.79. The molecule has 0 spiro atoms. The Kier molecular flexibility index (Phi) is 5.64. The van der Waals surface area contributed by atoms with Crippen molar-refractivity contribution in [1.82, 2.24) is 4.98 Å². The lowest BCUT2D eigenvalue weighted by Crippen LogP contribution is -2.15. The molecule has 4 nitrogen and oxygen atoms in total. The van der Waals surface area contributed by atoms with Crippen LogP contribution in [0.25, 0.3) is 0 Å². The zero-order valence-corrected chi connectivity index (χ0v) is 15.1. The maximum atomic E-state index is 12.2. The first kappa shape index (κ1) is 17.7. The van der Waals surface area contributed by atoms with E-state index < -0.39 is 0 Å². The maximum absolute atomic E-state index is 12.2. The van der Waals surface area contributed by atoms with Gasteiger partial charge >= 0.3 is 0 Å². The van der Waals surface area contributed by atoms with Crippen LogP contribution in [0.3, 0.4) is 0 Å². The number of carbonyl (C=O) groups excluding carboxylic acids is 1. The molecule has 2 N–H and O–H groups in total. The number of hydrogen-bond donors (Lipinski definition) is 2. The van der Waals surface area contributed by atoms with E-state index in [1.807, 2.05) is 43.3 Å². The number of nitrogens with one attached hydrogen (secondary N) is 2. The molecule has 0 radical (unpaired) electrons. The van der Waals surface area contributed by atoms with Gasteiger partial charge in [0.1, 0.15) is 5.82 Å². The van der Waals surface area contributed by atoms with E-state index >= 15 is 0 Å². The van der Waals surface area contributed by atoms with E-state index in [4.69, 9.17) is 0 Å². The van der Waals surface area contributed by atoms with Crippen molar-refractivity contribution >= 4 is 17.4 Å². The molecule has 0 bridgehead atoms. The summed E-state index contributed by atoms with van der Waals surface area (Å²) in [5.41, 5.74) is 5.54. The molecular weight excluding hydrogens is 322 g/mol. The molecule has 3 aromatic rings. The molecule has 1 heterocycles. The molecule has 2 aromatic carbocycles. The number of aryl methyl sites for hydroxylation is 2. The molecule has 26 heavy (non-hydrogen) atoms. The van der Waals surface area contributed by atoms with Crippen LogP contribution in [0.15, 0.2) is 66.9 Å². The van der Waals surface area contributed by atoms with Crippen molar-refractivity contribution in [2.24, 2.45) is 0 Å². The van der Waals surface area contributed by atoms with E-state index in [2.05, 4.69) is 46.8 Å². The maximum Gasteiger partial charge on any atom is 0.229 e. The fourth-order valence-corrected chi connectivity index (χ4v) is 2.79. The van der Waals surface area contributed by atoms with Crippen LogP contribution < -0.4 is 10.6 Å². The number of pyridine rings is 1. The van der Waals surface area contributed by atoms with Crippen molar-refractivity contribution < 1.29 is 4.79 Å². The highest BCUT2D eigenvalue weighted by atomic mass is 16.1. The Morgan fingerprint density at radius 2 is 1.62 bits per heavy atom. The third-order valence-corrected chi connectivity index (χ3v) is 4.06. The van der Waals surface area contributed by atoms with E-state index in [1.54, 1.807) is 6.20 Å². The SMILES string of the molecule is Cc1cccc(CNc2ccc(NC(=O)Cc3cccc(C)c3)nc2)c1. The normalized spacial score (nSPS) is 10.4. The molecule has 0 saturated carbocycles. The topological polar surface area (TPSA) is 54.0 Å². The number of nitrogens with zero attached hydrogens (tertiary/aromatic N) is 1. The zero-order chi connectivity index (χ0) is 18.4. The largest absolute Gasteiger partial charge is 0.380 e. The summed E-state index contributed by atoms with van der Waals surface area (Å²) in [5.74, 6) is 0.493. The first-order valence-corrected chi connectivity index (χ1v) is 8.69. The quantitative estimate of drug-likeness (QED) is 0.692. The fraction of sp³-hybridized carbons (Fsp3) is 0.182. The highest BCUT2D eigenvalue weighted by Gasteiger charge is 2.05. The van der Waals surface area contributed by atoms with Gasteiger partial charge in [0.2, 0.25) is 5.91 Å². The van der Waals surface area contributed by atoms with Crippen molar-refractivity contribution in [3.8, 4) is 0 Å². The van der Waals surface area contributed by atoms with Gasteiger partial charge < -0.3 is 10.6 Å². The molecule has 0 unspecified atom stereocenters. The molecule has 132 valence electrons. The second-order valence-electron chi connectivity index (χ2n) is 6.49. The number of benzene rings is 2. The number of amides is 1. The molecule has 0 atom stereocenters. The predicted octanol–water partition coefficient (Wildman–Crippen LogP) is 4.49. The van der Waals surface area contributed by atoms with Gasteiger partial charge in [-0.1, -0.05) is 59.7 Å². The van der Waals surface area contributed by atoms with Crippen molar-refractivity contribution in [3.05, 3.63) is 89.1 Å². The van der Waals surface area contributed by atoms with E-state index in [1.165, 1.54) is 11.1 Å². The highest BCUT2D eigenvalue weighted by molar-refractivity contribution is 5.91. The molecular formula is C22H23N3O. The van der Waals surface area contributed by atoms with Gasteiger partial charge in [0.05, 0.1) is 18.3 Å². The van der Waals surface area contributed by atoms with E-state index in [0.717, 1.165) is 23.4 Å². The minimum atomic E-state index is -0.0661. The third kappa shape index (κ3) is 5.18. The molecule has 4 heteroatoms. The lowest BCUT2D eigenvalue weighted by Gasteiger charge is -2.09. The summed E-state index contributed by atoms with van der Waals surface area (Å²) >= 11 is 0. The summed E-state index contributed by atoms with van der Waals surface area (Å²) in [4.78, 5) is 16.5. The van der Waals surface area contributed by atoms with Crippen LogP contribution in [-0.2, 0) is 17.8 Å². The van der Waals surface area contributed by atoms with Crippen molar-refractivity contribution in [1.29, 1.82) is 0 Å². The standard InChI is InChI=1S/C22H23N3O/c1-16-5-3-7-18(11-16)13-22(26)25-21-10-9-20(15-24-21)23-14-19-8-4-6-17(2)12-19/h3-12,15,23H,13-14H2,1-2H3,(H,24,25,26). The van der Waals surface area contributed by atoms with Gasteiger partial charge in [-0.3, -0.25) is 4.79 Å². The molecule has 0 aliphatic carbocycles. The number of hydrogen-bond acceptors (Lipinski definition) is 3. The van der Waals surface area contributed by atoms with Gasteiger partial charge in [-0.05, 0) is 37.1 Å².